The van der Waals surface area contributed by atoms with Crippen molar-refractivity contribution >= 4 is 27.7 Å². The van der Waals surface area contributed by atoms with Crippen LogP contribution in [-0.2, 0) is 11.3 Å². The lowest BCUT2D eigenvalue weighted by Gasteiger charge is -2.09. The highest BCUT2D eigenvalue weighted by Gasteiger charge is 2.11. The quantitative estimate of drug-likeness (QED) is 0.754. The number of nitrogens with one attached hydrogen (secondary N) is 1. The molecule has 1 N–H and O–H groups in total. The number of aromatic nitrogens is 1. The summed E-state index contributed by atoms with van der Waals surface area (Å²) in [5.41, 5.74) is 2.32. The van der Waals surface area contributed by atoms with Gasteiger partial charge in [0.25, 0.3) is 0 Å². The molecule has 120 valence electrons. The number of hydrogen-bond donors (Lipinski definition) is 1. The lowest BCUT2D eigenvalue weighted by molar-refractivity contribution is -0.121. The Labute approximate surface area is 136 Å². The molecule has 0 saturated heterocycles. The van der Waals surface area contributed by atoms with Crippen LogP contribution in [0.5, 0.6) is 5.75 Å². The number of carbonyl (C=O) groups is 1. The number of ether oxygens (including phenoxy) is 1. The average Bonchev–Trinajstić information content (AvgIpc) is 2.89. The van der Waals surface area contributed by atoms with Gasteiger partial charge in [-0.2, -0.15) is 0 Å². The summed E-state index contributed by atoms with van der Waals surface area (Å²) in [5.74, 6) is 0.961. The normalized spacial score (nSPS) is 11.0. The standard InChI is InChI=1S/C19H22N2O2/c1-3-6-19(22)20-11-12-21-17-8-5-4-7-15(17)16-10-9-14(23-2)13-18(16)21/h4-5,7-10,13H,3,6,11-12H2,1-2H3,(H,20,22). The second kappa shape index (κ2) is 6.73. The van der Waals surface area contributed by atoms with E-state index < -0.39 is 0 Å². The average molecular weight is 310 g/mol. The third-order valence-corrected chi connectivity index (χ3v) is 4.12. The fourth-order valence-corrected chi connectivity index (χ4v) is 3.02. The van der Waals surface area contributed by atoms with Crippen molar-refractivity contribution in [3.05, 3.63) is 42.5 Å². The zero-order valence-electron chi connectivity index (χ0n) is 13.6. The third-order valence-electron chi connectivity index (χ3n) is 4.12. The van der Waals surface area contributed by atoms with Crippen molar-refractivity contribution in [2.24, 2.45) is 0 Å². The number of methoxy groups -OCH3 is 1. The Hall–Kier alpha value is -2.49. The first-order valence-corrected chi connectivity index (χ1v) is 8.06. The van der Waals surface area contributed by atoms with Crippen molar-refractivity contribution in [2.75, 3.05) is 13.7 Å². The summed E-state index contributed by atoms with van der Waals surface area (Å²) in [6.07, 6.45) is 1.46. The summed E-state index contributed by atoms with van der Waals surface area (Å²) < 4.78 is 7.61. The molecule has 0 unspecified atom stereocenters. The molecule has 0 aliphatic carbocycles. The van der Waals surface area contributed by atoms with Crippen LogP contribution in [0.4, 0.5) is 0 Å². The number of nitrogens with zero attached hydrogens (tertiary/aromatic N) is 1. The van der Waals surface area contributed by atoms with E-state index in [0.717, 1.165) is 24.2 Å². The molecule has 1 heterocycles. The molecule has 0 bridgehead atoms. The number of benzene rings is 2. The van der Waals surface area contributed by atoms with Gasteiger partial charge in [-0.25, -0.2) is 0 Å². The number of para-hydroxylation sites is 1. The Kier molecular flexibility index (Phi) is 4.51. The predicted molar refractivity (Wildman–Crippen MR) is 93.9 cm³/mol. The van der Waals surface area contributed by atoms with Crippen molar-refractivity contribution in [3.8, 4) is 5.75 Å². The lowest BCUT2D eigenvalue weighted by atomic mass is 10.1. The molecule has 0 aliphatic heterocycles. The summed E-state index contributed by atoms with van der Waals surface area (Å²) in [6.45, 7) is 3.38. The second-order valence-electron chi connectivity index (χ2n) is 5.65. The molecule has 0 radical (unpaired) electrons. The van der Waals surface area contributed by atoms with Gasteiger partial charge >= 0.3 is 0 Å². The first kappa shape index (κ1) is 15.4. The molecule has 0 atom stereocenters. The van der Waals surface area contributed by atoms with Crippen molar-refractivity contribution in [3.63, 3.8) is 0 Å². The monoisotopic (exact) mass is 310 g/mol. The first-order chi connectivity index (χ1) is 11.2. The van der Waals surface area contributed by atoms with Crippen molar-refractivity contribution in [1.82, 2.24) is 9.88 Å². The second-order valence-corrected chi connectivity index (χ2v) is 5.65. The summed E-state index contributed by atoms with van der Waals surface area (Å²) in [7, 11) is 1.68. The predicted octanol–water partition coefficient (Wildman–Crippen LogP) is 3.72. The zero-order valence-corrected chi connectivity index (χ0v) is 13.6. The fourth-order valence-electron chi connectivity index (χ4n) is 3.02. The Morgan fingerprint density at radius 2 is 1.91 bits per heavy atom. The molecular weight excluding hydrogens is 288 g/mol. The molecule has 0 fully saturated rings. The molecule has 4 nitrogen and oxygen atoms in total. The van der Waals surface area contributed by atoms with E-state index >= 15 is 0 Å². The van der Waals surface area contributed by atoms with Gasteiger partial charge in [-0.15, -0.1) is 0 Å². The number of amides is 1. The van der Waals surface area contributed by atoms with Gasteiger partial charge in [0.2, 0.25) is 5.91 Å². The Bertz CT molecular complexity index is 836. The van der Waals surface area contributed by atoms with Crippen LogP contribution in [-0.4, -0.2) is 24.1 Å². The van der Waals surface area contributed by atoms with E-state index in [1.807, 2.05) is 19.1 Å². The minimum absolute atomic E-state index is 0.117. The Balaban J connectivity index is 1.97. The van der Waals surface area contributed by atoms with E-state index in [4.69, 9.17) is 4.74 Å². The molecule has 2 aromatic carbocycles. The summed E-state index contributed by atoms with van der Waals surface area (Å²) in [5, 5.41) is 5.43. The van der Waals surface area contributed by atoms with Crippen LogP contribution in [0, 0.1) is 0 Å². The maximum Gasteiger partial charge on any atom is 0.220 e. The van der Waals surface area contributed by atoms with Crippen LogP contribution in [0.2, 0.25) is 0 Å². The van der Waals surface area contributed by atoms with Crippen LogP contribution < -0.4 is 10.1 Å². The molecule has 0 spiro atoms. The summed E-state index contributed by atoms with van der Waals surface area (Å²) in [4.78, 5) is 11.7. The van der Waals surface area contributed by atoms with E-state index in [0.29, 0.717) is 13.0 Å². The zero-order chi connectivity index (χ0) is 16.2. The van der Waals surface area contributed by atoms with Gasteiger partial charge in [0.15, 0.2) is 0 Å². The molecule has 0 saturated carbocycles. The van der Waals surface area contributed by atoms with Crippen LogP contribution in [0.1, 0.15) is 19.8 Å². The van der Waals surface area contributed by atoms with Crippen LogP contribution >= 0.6 is 0 Å². The highest BCUT2D eigenvalue weighted by atomic mass is 16.5. The molecule has 3 rings (SSSR count). The van der Waals surface area contributed by atoms with Gasteiger partial charge in [-0.3, -0.25) is 4.79 Å². The molecule has 3 aromatic rings. The van der Waals surface area contributed by atoms with Gasteiger partial charge in [0.05, 0.1) is 12.6 Å². The summed E-state index contributed by atoms with van der Waals surface area (Å²) in [6, 6.07) is 14.5. The highest BCUT2D eigenvalue weighted by Crippen LogP contribution is 2.31. The molecule has 1 amide bonds. The number of fused-ring (bicyclic) bond motifs is 3. The molecule has 0 aliphatic rings. The van der Waals surface area contributed by atoms with Gasteiger partial charge < -0.3 is 14.6 Å². The minimum atomic E-state index is 0.117. The van der Waals surface area contributed by atoms with E-state index in [1.54, 1.807) is 7.11 Å². The molecule has 4 heteroatoms. The van der Waals surface area contributed by atoms with E-state index in [2.05, 4.69) is 40.2 Å². The van der Waals surface area contributed by atoms with Gasteiger partial charge in [-0.05, 0) is 24.6 Å². The maximum absolute atomic E-state index is 11.7. The number of carbonyl (C=O) groups excluding carboxylic acids is 1. The van der Waals surface area contributed by atoms with Crippen molar-refractivity contribution < 1.29 is 9.53 Å². The van der Waals surface area contributed by atoms with Crippen LogP contribution in [0.3, 0.4) is 0 Å². The SMILES string of the molecule is CCCC(=O)NCCn1c2ccccc2c2ccc(OC)cc21. The van der Waals surface area contributed by atoms with Gasteiger partial charge in [0.1, 0.15) is 5.75 Å². The molecule has 1 aromatic heterocycles. The third kappa shape index (κ3) is 3.02. The van der Waals surface area contributed by atoms with Gasteiger partial charge in [0, 0.05) is 41.9 Å². The number of hydrogen-bond acceptors (Lipinski definition) is 2. The smallest absolute Gasteiger partial charge is 0.220 e. The maximum atomic E-state index is 11.7. The lowest BCUT2D eigenvalue weighted by Crippen LogP contribution is -2.26. The Morgan fingerprint density at radius 3 is 2.70 bits per heavy atom. The van der Waals surface area contributed by atoms with Crippen molar-refractivity contribution in [1.29, 1.82) is 0 Å². The van der Waals surface area contributed by atoms with Gasteiger partial charge in [-0.1, -0.05) is 25.1 Å². The summed E-state index contributed by atoms with van der Waals surface area (Å²) >= 11 is 0. The van der Waals surface area contributed by atoms with E-state index in [-0.39, 0.29) is 5.91 Å². The molecule has 23 heavy (non-hydrogen) atoms. The van der Waals surface area contributed by atoms with E-state index in [9.17, 15) is 4.79 Å². The van der Waals surface area contributed by atoms with Crippen molar-refractivity contribution in [2.45, 2.75) is 26.3 Å². The van der Waals surface area contributed by atoms with Crippen LogP contribution in [0.15, 0.2) is 42.5 Å². The highest BCUT2D eigenvalue weighted by molar-refractivity contribution is 6.08. The molecular formula is C19H22N2O2. The largest absolute Gasteiger partial charge is 0.497 e. The number of rotatable bonds is 6. The fraction of sp³-hybridized carbons (Fsp3) is 0.316. The van der Waals surface area contributed by atoms with E-state index in [1.165, 1.54) is 16.3 Å². The van der Waals surface area contributed by atoms with Crippen LogP contribution in [0.25, 0.3) is 21.8 Å². The Morgan fingerprint density at radius 1 is 1.13 bits per heavy atom. The first-order valence-electron chi connectivity index (χ1n) is 8.06. The topological polar surface area (TPSA) is 43.3 Å². The minimum Gasteiger partial charge on any atom is -0.497 e.